The molecule has 0 saturated carbocycles. The van der Waals surface area contributed by atoms with Gasteiger partial charge in [-0.05, 0) is 23.5 Å². The van der Waals surface area contributed by atoms with Gasteiger partial charge in [0.05, 0.1) is 5.69 Å². The Kier molecular flexibility index (Phi) is 3.09. The molecule has 0 spiro atoms. The van der Waals surface area contributed by atoms with E-state index in [1.165, 1.54) is 0 Å². The van der Waals surface area contributed by atoms with Crippen molar-refractivity contribution in [1.82, 2.24) is 0 Å². The molecule has 1 heterocycles. The van der Waals surface area contributed by atoms with Gasteiger partial charge in [0.25, 0.3) is 5.91 Å². The summed E-state index contributed by atoms with van der Waals surface area (Å²) < 4.78 is 5.89. The first kappa shape index (κ1) is 12.0. The summed E-state index contributed by atoms with van der Waals surface area (Å²) in [7, 11) is 0. The third-order valence-corrected chi connectivity index (χ3v) is 3.03. The van der Waals surface area contributed by atoms with E-state index in [4.69, 9.17) is 4.74 Å². The van der Waals surface area contributed by atoms with Gasteiger partial charge in [0.2, 0.25) is 0 Å². The summed E-state index contributed by atoms with van der Waals surface area (Å²) in [6.07, 6.45) is -0.387. The zero-order chi connectivity index (χ0) is 12.6. The monoisotopic (exact) mass is 233 g/mol. The average Bonchev–Trinajstić information content (AvgIpc) is 2.26. The maximum Gasteiger partial charge on any atom is 0.265 e. The first-order valence-corrected chi connectivity index (χ1v) is 6.11. The lowest BCUT2D eigenvalue weighted by Gasteiger charge is -2.30. The van der Waals surface area contributed by atoms with Crippen LogP contribution in [0.15, 0.2) is 18.2 Å². The maximum atomic E-state index is 11.8. The van der Waals surface area contributed by atoms with Crippen LogP contribution in [0, 0.1) is 5.92 Å². The Balaban J connectivity index is 2.43. The van der Waals surface area contributed by atoms with Gasteiger partial charge in [0.1, 0.15) is 5.75 Å². The molecule has 0 bridgehead atoms. The van der Waals surface area contributed by atoms with Crippen LogP contribution in [0.2, 0.25) is 0 Å². The Labute approximate surface area is 102 Å². The highest BCUT2D eigenvalue weighted by Crippen LogP contribution is 2.38. The molecule has 0 saturated heterocycles. The van der Waals surface area contributed by atoms with Crippen molar-refractivity contribution >= 4 is 11.6 Å². The van der Waals surface area contributed by atoms with Crippen molar-refractivity contribution in [1.29, 1.82) is 0 Å². The van der Waals surface area contributed by atoms with Crippen molar-refractivity contribution in [3.8, 4) is 5.75 Å². The first-order chi connectivity index (χ1) is 8.00. The van der Waals surface area contributed by atoms with Crippen LogP contribution < -0.4 is 10.1 Å². The zero-order valence-corrected chi connectivity index (χ0v) is 10.8. The molecule has 3 heteroatoms. The Hall–Kier alpha value is -1.51. The van der Waals surface area contributed by atoms with Gasteiger partial charge < -0.3 is 10.1 Å². The molecule has 2 rings (SSSR count). The molecule has 0 aromatic heterocycles. The summed E-state index contributed by atoms with van der Waals surface area (Å²) in [5, 5.41) is 2.92. The molecule has 0 aliphatic carbocycles. The normalized spacial score (nSPS) is 18.9. The lowest BCUT2D eigenvalue weighted by molar-refractivity contribution is -0.125. The molecule has 1 aliphatic heterocycles. The molecule has 0 fully saturated rings. The number of hydrogen-bond donors (Lipinski definition) is 1. The topological polar surface area (TPSA) is 38.3 Å². The average molecular weight is 233 g/mol. The number of carbonyl (C=O) groups excluding carboxylic acids is 1. The summed E-state index contributed by atoms with van der Waals surface area (Å²) >= 11 is 0. The molecule has 0 unspecified atom stereocenters. The maximum absolute atomic E-state index is 11.8. The molecular weight excluding hydrogens is 214 g/mol. The van der Waals surface area contributed by atoms with E-state index in [9.17, 15) is 4.79 Å². The number of fused-ring (bicyclic) bond motifs is 1. The summed E-state index contributed by atoms with van der Waals surface area (Å²) in [5.41, 5.74) is 1.94. The molecule has 92 valence electrons. The van der Waals surface area contributed by atoms with Crippen LogP contribution in [-0.4, -0.2) is 12.0 Å². The quantitative estimate of drug-likeness (QED) is 0.852. The number of carbonyl (C=O) groups is 1. The number of amides is 1. The number of anilines is 1. The number of para-hydroxylation sites is 1. The smallest absolute Gasteiger partial charge is 0.265 e. The van der Waals surface area contributed by atoms with Gasteiger partial charge >= 0.3 is 0 Å². The molecule has 1 aliphatic rings. The van der Waals surface area contributed by atoms with Gasteiger partial charge in [-0.1, -0.05) is 39.8 Å². The summed E-state index contributed by atoms with van der Waals surface area (Å²) in [6.45, 7) is 8.24. The van der Waals surface area contributed by atoms with Crippen LogP contribution in [0.4, 0.5) is 5.69 Å². The van der Waals surface area contributed by atoms with E-state index < -0.39 is 0 Å². The van der Waals surface area contributed by atoms with Crippen LogP contribution in [0.25, 0.3) is 0 Å². The van der Waals surface area contributed by atoms with Crippen molar-refractivity contribution in [2.24, 2.45) is 5.92 Å². The van der Waals surface area contributed by atoms with Crippen LogP contribution >= 0.6 is 0 Å². The van der Waals surface area contributed by atoms with Gasteiger partial charge in [-0.2, -0.15) is 0 Å². The van der Waals surface area contributed by atoms with Crippen LogP contribution in [0.3, 0.4) is 0 Å². The Morgan fingerprint density at radius 3 is 2.53 bits per heavy atom. The first-order valence-electron chi connectivity index (χ1n) is 6.11. The van der Waals surface area contributed by atoms with Crippen molar-refractivity contribution < 1.29 is 9.53 Å². The van der Waals surface area contributed by atoms with Gasteiger partial charge in [-0.3, -0.25) is 4.79 Å². The van der Waals surface area contributed by atoms with Gasteiger partial charge in [0.15, 0.2) is 6.10 Å². The highest BCUT2D eigenvalue weighted by Gasteiger charge is 2.31. The number of ether oxygens (including phenoxy) is 1. The van der Waals surface area contributed by atoms with Gasteiger partial charge in [-0.25, -0.2) is 0 Å². The molecular formula is C14H19NO2. The van der Waals surface area contributed by atoms with E-state index in [0.717, 1.165) is 17.0 Å². The SMILES string of the molecule is CC(C)c1cccc2c1O[C@@H](C(C)C)C(=O)N2. The van der Waals surface area contributed by atoms with Crippen molar-refractivity contribution in [3.05, 3.63) is 23.8 Å². The number of benzene rings is 1. The molecule has 0 radical (unpaired) electrons. The zero-order valence-electron chi connectivity index (χ0n) is 10.8. The third-order valence-electron chi connectivity index (χ3n) is 3.03. The molecule has 1 aromatic carbocycles. The largest absolute Gasteiger partial charge is 0.478 e. The minimum atomic E-state index is -0.387. The molecule has 1 atom stereocenters. The molecule has 17 heavy (non-hydrogen) atoms. The number of hydrogen-bond acceptors (Lipinski definition) is 2. The molecule has 1 N–H and O–H groups in total. The lowest BCUT2D eigenvalue weighted by Crippen LogP contribution is -2.41. The van der Waals surface area contributed by atoms with E-state index in [2.05, 4.69) is 25.2 Å². The lowest BCUT2D eigenvalue weighted by atomic mass is 9.98. The van der Waals surface area contributed by atoms with Crippen LogP contribution in [-0.2, 0) is 4.79 Å². The molecule has 3 nitrogen and oxygen atoms in total. The predicted molar refractivity (Wildman–Crippen MR) is 68.4 cm³/mol. The van der Waals surface area contributed by atoms with E-state index in [1.54, 1.807) is 0 Å². The number of nitrogens with one attached hydrogen (secondary N) is 1. The predicted octanol–water partition coefficient (Wildman–Crippen LogP) is 3.17. The summed E-state index contributed by atoms with van der Waals surface area (Å²) in [4.78, 5) is 11.8. The fraction of sp³-hybridized carbons (Fsp3) is 0.500. The van der Waals surface area contributed by atoms with E-state index in [0.29, 0.717) is 5.92 Å². The second-order valence-corrected chi connectivity index (χ2v) is 5.15. The van der Waals surface area contributed by atoms with Crippen LogP contribution in [0.5, 0.6) is 5.75 Å². The van der Waals surface area contributed by atoms with Gasteiger partial charge in [-0.15, -0.1) is 0 Å². The van der Waals surface area contributed by atoms with Crippen molar-refractivity contribution in [2.75, 3.05) is 5.32 Å². The summed E-state index contributed by atoms with van der Waals surface area (Å²) in [5.74, 6) is 1.34. The van der Waals surface area contributed by atoms with Crippen molar-refractivity contribution in [3.63, 3.8) is 0 Å². The van der Waals surface area contributed by atoms with Crippen molar-refractivity contribution in [2.45, 2.75) is 39.7 Å². The Morgan fingerprint density at radius 2 is 1.94 bits per heavy atom. The molecule has 1 amide bonds. The highest BCUT2D eigenvalue weighted by atomic mass is 16.5. The standard InChI is InChI=1S/C14H19NO2/c1-8(2)10-6-5-7-11-13(10)17-12(9(3)4)14(16)15-11/h5-9,12H,1-4H3,(H,15,16)/t12-/m0/s1. The summed E-state index contributed by atoms with van der Waals surface area (Å²) in [6, 6.07) is 5.89. The number of rotatable bonds is 2. The third kappa shape index (κ3) is 2.14. The Morgan fingerprint density at radius 1 is 1.24 bits per heavy atom. The minimum Gasteiger partial charge on any atom is -0.478 e. The van der Waals surface area contributed by atoms with Crippen LogP contribution in [0.1, 0.15) is 39.2 Å². The second-order valence-electron chi connectivity index (χ2n) is 5.15. The fourth-order valence-corrected chi connectivity index (χ4v) is 2.06. The van der Waals surface area contributed by atoms with E-state index in [1.807, 2.05) is 26.0 Å². The fourth-order valence-electron chi connectivity index (χ4n) is 2.06. The van der Waals surface area contributed by atoms with E-state index in [-0.39, 0.29) is 17.9 Å². The second kappa shape index (κ2) is 4.40. The minimum absolute atomic E-state index is 0.0478. The van der Waals surface area contributed by atoms with E-state index >= 15 is 0 Å². The molecule has 1 aromatic rings. The Bertz CT molecular complexity index is 438. The van der Waals surface area contributed by atoms with Gasteiger partial charge in [0, 0.05) is 0 Å². The highest BCUT2D eigenvalue weighted by molar-refractivity contribution is 5.98.